The molecule has 0 saturated carbocycles. The van der Waals surface area contributed by atoms with Gasteiger partial charge in [0.2, 0.25) is 5.88 Å². The van der Waals surface area contributed by atoms with Gasteiger partial charge >= 0.3 is 0 Å². The van der Waals surface area contributed by atoms with Crippen molar-refractivity contribution in [2.75, 3.05) is 0 Å². The SMILES string of the molecule is CCc1c(O)nc(C2CC3CCC2O3)[nH]c1=O. The minimum atomic E-state index is -0.224. The summed E-state index contributed by atoms with van der Waals surface area (Å²) in [6, 6.07) is 0. The lowest BCUT2D eigenvalue weighted by Crippen LogP contribution is -2.23. The summed E-state index contributed by atoms with van der Waals surface area (Å²) in [6.45, 7) is 1.83. The van der Waals surface area contributed by atoms with Gasteiger partial charge in [-0.2, -0.15) is 4.98 Å². The van der Waals surface area contributed by atoms with E-state index in [-0.39, 0.29) is 23.5 Å². The van der Waals surface area contributed by atoms with E-state index in [4.69, 9.17) is 4.74 Å². The van der Waals surface area contributed by atoms with Crippen LogP contribution in [0, 0.1) is 0 Å². The first-order valence-electron chi connectivity index (χ1n) is 6.16. The zero-order valence-electron chi connectivity index (χ0n) is 9.77. The summed E-state index contributed by atoms with van der Waals surface area (Å²) in [5.41, 5.74) is 0.135. The molecular weight excluding hydrogens is 220 g/mol. The van der Waals surface area contributed by atoms with Crippen LogP contribution in [0.4, 0.5) is 0 Å². The number of nitrogens with zero attached hydrogens (tertiary/aromatic N) is 1. The van der Waals surface area contributed by atoms with Crippen molar-refractivity contribution in [3.63, 3.8) is 0 Å². The first kappa shape index (κ1) is 10.8. The summed E-state index contributed by atoms with van der Waals surface area (Å²) in [7, 11) is 0. The van der Waals surface area contributed by atoms with E-state index < -0.39 is 0 Å². The highest BCUT2D eigenvalue weighted by Crippen LogP contribution is 2.43. The van der Waals surface area contributed by atoms with Crippen molar-refractivity contribution in [1.82, 2.24) is 9.97 Å². The largest absolute Gasteiger partial charge is 0.493 e. The van der Waals surface area contributed by atoms with E-state index in [2.05, 4.69) is 9.97 Å². The monoisotopic (exact) mass is 236 g/mol. The Balaban J connectivity index is 1.97. The number of rotatable bonds is 2. The van der Waals surface area contributed by atoms with Crippen LogP contribution in [-0.4, -0.2) is 27.3 Å². The van der Waals surface area contributed by atoms with Crippen molar-refractivity contribution in [2.45, 2.75) is 50.7 Å². The summed E-state index contributed by atoms with van der Waals surface area (Å²) in [5.74, 6) is 0.587. The number of ether oxygens (including phenoxy) is 1. The maximum atomic E-state index is 11.8. The fourth-order valence-corrected chi connectivity index (χ4v) is 2.92. The lowest BCUT2D eigenvalue weighted by molar-refractivity contribution is 0.0998. The van der Waals surface area contributed by atoms with Crippen molar-refractivity contribution in [3.8, 4) is 5.88 Å². The normalized spacial score (nSPS) is 31.0. The third-order valence-electron chi connectivity index (χ3n) is 3.82. The Hall–Kier alpha value is -1.36. The van der Waals surface area contributed by atoms with E-state index >= 15 is 0 Å². The maximum Gasteiger partial charge on any atom is 0.257 e. The van der Waals surface area contributed by atoms with Crippen LogP contribution in [0.5, 0.6) is 5.88 Å². The smallest absolute Gasteiger partial charge is 0.257 e. The summed E-state index contributed by atoms with van der Waals surface area (Å²) in [5, 5.41) is 9.73. The van der Waals surface area contributed by atoms with Crippen LogP contribution in [0.15, 0.2) is 4.79 Å². The second-order valence-electron chi connectivity index (χ2n) is 4.82. The highest BCUT2D eigenvalue weighted by atomic mass is 16.5. The second-order valence-corrected chi connectivity index (χ2v) is 4.82. The van der Waals surface area contributed by atoms with Gasteiger partial charge in [0, 0.05) is 5.92 Å². The van der Waals surface area contributed by atoms with E-state index in [0.717, 1.165) is 19.3 Å². The van der Waals surface area contributed by atoms with Crippen molar-refractivity contribution < 1.29 is 9.84 Å². The number of aromatic amines is 1. The van der Waals surface area contributed by atoms with E-state index in [1.807, 2.05) is 6.92 Å². The van der Waals surface area contributed by atoms with Crippen LogP contribution >= 0.6 is 0 Å². The zero-order chi connectivity index (χ0) is 12.0. The van der Waals surface area contributed by atoms with Crippen molar-refractivity contribution in [1.29, 1.82) is 0 Å². The molecule has 2 bridgehead atoms. The van der Waals surface area contributed by atoms with Gasteiger partial charge in [0.25, 0.3) is 5.56 Å². The van der Waals surface area contributed by atoms with Crippen LogP contribution in [0.1, 0.15) is 43.5 Å². The van der Waals surface area contributed by atoms with Gasteiger partial charge in [0.15, 0.2) is 0 Å². The summed E-state index contributed by atoms with van der Waals surface area (Å²) >= 11 is 0. The Bertz CT molecular complexity index is 497. The highest BCUT2D eigenvalue weighted by Gasteiger charge is 2.42. The number of nitrogens with one attached hydrogen (secondary N) is 1. The minimum absolute atomic E-state index is 0.131. The van der Waals surface area contributed by atoms with Crippen LogP contribution in [0.25, 0.3) is 0 Å². The van der Waals surface area contributed by atoms with E-state index in [0.29, 0.717) is 23.9 Å². The Morgan fingerprint density at radius 3 is 2.88 bits per heavy atom. The van der Waals surface area contributed by atoms with E-state index in [1.54, 1.807) is 0 Å². The molecule has 17 heavy (non-hydrogen) atoms. The summed E-state index contributed by atoms with van der Waals surface area (Å²) in [6.07, 6.45) is 3.98. The van der Waals surface area contributed by atoms with Gasteiger partial charge < -0.3 is 14.8 Å². The first-order chi connectivity index (χ1) is 8.19. The molecule has 5 heteroatoms. The number of hydrogen-bond donors (Lipinski definition) is 2. The highest BCUT2D eigenvalue weighted by molar-refractivity contribution is 5.24. The van der Waals surface area contributed by atoms with E-state index in [1.165, 1.54) is 0 Å². The molecule has 3 rings (SSSR count). The molecule has 2 aliphatic heterocycles. The topological polar surface area (TPSA) is 75.2 Å². The number of aromatic nitrogens is 2. The molecule has 1 aromatic rings. The van der Waals surface area contributed by atoms with Gasteiger partial charge in [0.05, 0.1) is 17.8 Å². The number of H-pyrrole nitrogens is 1. The van der Waals surface area contributed by atoms with Crippen LogP contribution in [-0.2, 0) is 11.2 Å². The van der Waals surface area contributed by atoms with Crippen LogP contribution in [0.2, 0.25) is 0 Å². The molecule has 0 aromatic carbocycles. The minimum Gasteiger partial charge on any atom is -0.493 e. The van der Waals surface area contributed by atoms with Gasteiger partial charge in [-0.15, -0.1) is 0 Å². The van der Waals surface area contributed by atoms with Gasteiger partial charge in [-0.3, -0.25) is 4.79 Å². The third kappa shape index (κ3) is 1.65. The molecule has 92 valence electrons. The predicted octanol–water partition coefficient (Wildman–Crippen LogP) is 1.07. The number of aromatic hydroxyl groups is 1. The third-order valence-corrected chi connectivity index (χ3v) is 3.82. The molecular formula is C12H16N2O3. The molecule has 5 nitrogen and oxygen atoms in total. The molecule has 1 aromatic heterocycles. The molecule has 3 unspecified atom stereocenters. The first-order valence-corrected chi connectivity index (χ1v) is 6.16. The average Bonchev–Trinajstić information content (AvgIpc) is 2.90. The Morgan fingerprint density at radius 2 is 2.35 bits per heavy atom. The fraction of sp³-hybridized carbons (Fsp3) is 0.667. The molecule has 0 radical (unpaired) electrons. The molecule has 3 atom stereocenters. The Kier molecular flexibility index (Phi) is 2.43. The van der Waals surface area contributed by atoms with Crippen molar-refractivity contribution in [3.05, 3.63) is 21.7 Å². The number of fused-ring (bicyclic) bond motifs is 2. The Morgan fingerprint density at radius 1 is 1.53 bits per heavy atom. The molecule has 0 amide bonds. The molecule has 0 spiro atoms. The molecule has 0 aliphatic carbocycles. The molecule has 2 aliphatic rings. The van der Waals surface area contributed by atoms with Gasteiger partial charge in [-0.05, 0) is 25.7 Å². The van der Waals surface area contributed by atoms with Crippen molar-refractivity contribution >= 4 is 0 Å². The Labute approximate surface area is 98.8 Å². The quantitative estimate of drug-likeness (QED) is 0.805. The molecule has 2 N–H and O–H groups in total. The molecule has 2 fully saturated rings. The van der Waals surface area contributed by atoms with Crippen LogP contribution in [0.3, 0.4) is 0 Å². The van der Waals surface area contributed by atoms with Gasteiger partial charge in [-0.1, -0.05) is 6.92 Å². The summed E-state index contributed by atoms with van der Waals surface area (Å²) < 4.78 is 5.73. The molecule has 2 saturated heterocycles. The predicted molar refractivity (Wildman–Crippen MR) is 61.2 cm³/mol. The lowest BCUT2D eigenvalue weighted by Gasteiger charge is -2.17. The lowest BCUT2D eigenvalue weighted by atomic mass is 9.88. The number of hydrogen-bond acceptors (Lipinski definition) is 4. The van der Waals surface area contributed by atoms with Crippen molar-refractivity contribution in [2.24, 2.45) is 0 Å². The second kappa shape index (κ2) is 3.84. The standard InChI is InChI=1S/C12H16N2O3/c1-2-7-11(15)13-10(14-12(7)16)8-5-6-3-4-9(8)17-6/h6,8-9H,2-5H2,1H3,(H2,13,14,15,16). The fourth-order valence-electron chi connectivity index (χ4n) is 2.92. The van der Waals surface area contributed by atoms with E-state index in [9.17, 15) is 9.90 Å². The zero-order valence-corrected chi connectivity index (χ0v) is 9.77. The maximum absolute atomic E-state index is 11.8. The van der Waals surface area contributed by atoms with Crippen LogP contribution < -0.4 is 5.56 Å². The average molecular weight is 236 g/mol. The van der Waals surface area contributed by atoms with Gasteiger partial charge in [0.1, 0.15) is 5.82 Å². The molecule has 3 heterocycles. The summed E-state index contributed by atoms with van der Waals surface area (Å²) in [4.78, 5) is 18.7. The van der Waals surface area contributed by atoms with Gasteiger partial charge in [-0.25, -0.2) is 0 Å².